The summed E-state index contributed by atoms with van der Waals surface area (Å²) in [6.45, 7) is 2.52. The van der Waals surface area contributed by atoms with Gasteiger partial charge in [-0.1, -0.05) is 23.7 Å². The van der Waals surface area contributed by atoms with Crippen LogP contribution in [0.25, 0.3) is 0 Å². The second-order valence-corrected chi connectivity index (χ2v) is 6.50. The summed E-state index contributed by atoms with van der Waals surface area (Å²) in [5.74, 6) is 1.35. The molecule has 0 radical (unpaired) electrons. The summed E-state index contributed by atoms with van der Waals surface area (Å²) >= 11 is 6.07. The Balaban J connectivity index is 0.00000280. The number of carbonyl (C=O) groups excluding carboxylic acids is 1. The summed E-state index contributed by atoms with van der Waals surface area (Å²) in [5.41, 5.74) is 0.818. The molecular weight excluding hydrogens is 495 g/mol. The number of carbonyl (C=O) groups is 1. The fourth-order valence-corrected chi connectivity index (χ4v) is 3.08. The molecule has 0 bridgehead atoms. The van der Waals surface area contributed by atoms with Crippen molar-refractivity contribution in [3.05, 3.63) is 41.7 Å². The Hall–Kier alpha value is -2.01. The molecule has 0 saturated carbocycles. The van der Waals surface area contributed by atoms with Crippen LogP contribution in [0.2, 0.25) is 5.02 Å². The summed E-state index contributed by atoms with van der Waals surface area (Å²) in [7, 11) is 3.54. The fraction of sp³-hybridized carbons (Fsp3) is 0.389. The zero-order valence-corrected chi connectivity index (χ0v) is 18.9. The molecule has 1 saturated heterocycles. The van der Waals surface area contributed by atoms with Crippen LogP contribution in [0.5, 0.6) is 5.75 Å². The molecule has 10 heteroatoms. The molecule has 0 aliphatic carbocycles. The van der Waals surface area contributed by atoms with E-state index in [1.54, 1.807) is 28.9 Å². The third-order valence-electron chi connectivity index (χ3n) is 4.21. The van der Waals surface area contributed by atoms with Crippen LogP contribution in [0.3, 0.4) is 0 Å². The fourth-order valence-electron chi connectivity index (χ4n) is 2.89. The van der Waals surface area contributed by atoms with Crippen LogP contribution in [0.15, 0.2) is 41.7 Å². The monoisotopic (exact) mass is 518 g/mol. The smallest absolute Gasteiger partial charge is 0.246 e. The van der Waals surface area contributed by atoms with E-state index in [1.807, 2.05) is 36.3 Å². The molecule has 1 fully saturated rings. The highest BCUT2D eigenvalue weighted by Crippen LogP contribution is 2.22. The van der Waals surface area contributed by atoms with Crippen LogP contribution < -0.4 is 15.0 Å². The first-order valence-electron chi connectivity index (χ1n) is 8.70. The lowest BCUT2D eigenvalue weighted by molar-refractivity contribution is -0.120. The van der Waals surface area contributed by atoms with Crippen molar-refractivity contribution in [3.63, 3.8) is 0 Å². The minimum atomic E-state index is 0. The average Bonchev–Trinajstić information content (AvgIpc) is 3.09. The Kier molecular flexibility index (Phi) is 8.36. The van der Waals surface area contributed by atoms with Gasteiger partial charge in [-0.25, -0.2) is 0 Å². The maximum Gasteiger partial charge on any atom is 0.246 e. The minimum absolute atomic E-state index is 0. The number of guanidine groups is 1. The Bertz CT molecular complexity index is 828. The molecule has 8 nitrogen and oxygen atoms in total. The van der Waals surface area contributed by atoms with Crippen LogP contribution in [-0.2, 0) is 11.8 Å². The summed E-state index contributed by atoms with van der Waals surface area (Å²) in [4.78, 5) is 20.5. The van der Waals surface area contributed by atoms with Crippen molar-refractivity contribution in [2.45, 2.75) is 0 Å². The number of aromatic nitrogens is 2. The van der Waals surface area contributed by atoms with Crippen molar-refractivity contribution >= 4 is 53.1 Å². The van der Waals surface area contributed by atoms with Crippen molar-refractivity contribution in [2.24, 2.45) is 12.0 Å². The summed E-state index contributed by atoms with van der Waals surface area (Å²) in [6, 6.07) is 7.35. The van der Waals surface area contributed by atoms with Gasteiger partial charge in [0.05, 0.1) is 23.5 Å². The van der Waals surface area contributed by atoms with E-state index in [-0.39, 0.29) is 36.4 Å². The van der Waals surface area contributed by atoms with Crippen LogP contribution in [0.1, 0.15) is 0 Å². The van der Waals surface area contributed by atoms with Gasteiger partial charge >= 0.3 is 0 Å². The van der Waals surface area contributed by atoms with Crippen LogP contribution in [0, 0.1) is 0 Å². The zero-order chi connectivity index (χ0) is 19.2. The second kappa shape index (κ2) is 10.5. The second-order valence-electron chi connectivity index (χ2n) is 6.09. The number of ether oxygens (including phenoxy) is 1. The first kappa shape index (κ1) is 22.3. The number of rotatable bonds is 5. The molecule has 1 amide bonds. The number of hydrogen-bond acceptors (Lipinski definition) is 4. The van der Waals surface area contributed by atoms with Gasteiger partial charge in [0.15, 0.2) is 5.96 Å². The van der Waals surface area contributed by atoms with E-state index in [0.29, 0.717) is 43.0 Å². The number of halogens is 2. The van der Waals surface area contributed by atoms with Crippen LogP contribution >= 0.6 is 35.6 Å². The van der Waals surface area contributed by atoms with Gasteiger partial charge in [0.25, 0.3) is 0 Å². The summed E-state index contributed by atoms with van der Waals surface area (Å²) in [6.07, 6.45) is 3.54. The normalized spacial score (nSPS) is 14.7. The largest absolute Gasteiger partial charge is 0.490 e. The molecule has 2 aromatic rings. The number of benzene rings is 1. The molecule has 1 aromatic carbocycles. The van der Waals surface area contributed by atoms with E-state index in [4.69, 9.17) is 16.3 Å². The molecule has 1 aliphatic heterocycles. The number of anilines is 1. The van der Waals surface area contributed by atoms with Crippen molar-refractivity contribution in [1.29, 1.82) is 0 Å². The Labute approximate surface area is 186 Å². The minimum Gasteiger partial charge on any atom is -0.490 e. The number of nitrogens with zero attached hydrogens (tertiary/aromatic N) is 5. The lowest BCUT2D eigenvalue weighted by Gasteiger charge is -2.35. The number of nitrogens with one attached hydrogen (secondary N) is 1. The maximum atomic E-state index is 12.5. The quantitative estimate of drug-likeness (QED) is 0.284. The summed E-state index contributed by atoms with van der Waals surface area (Å²) in [5, 5.41) is 7.94. The highest BCUT2D eigenvalue weighted by atomic mass is 127. The number of para-hydroxylation sites is 1. The molecule has 1 aromatic heterocycles. The first-order valence-corrected chi connectivity index (χ1v) is 9.08. The predicted octanol–water partition coefficient (Wildman–Crippen LogP) is 1.99. The van der Waals surface area contributed by atoms with Crippen molar-refractivity contribution in [3.8, 4) is 5.75 Å². The van der Waals surface area contributed by atoms with E-state index in [0.717, 1.165) is 5.69 Å². The summed E-state index contributed by atoms with van der Waals surface area (Å²) < 4.78 is 7.35. The lowest BCUT2D eigenvalue weighted by Crippen LogP contribution is -2.55. The molecule has 2 heterocycles. The first-order chi connectivity index (χ1) is 13.1. The molecule has 0 unspecified atom stereocenters. The highest BCUT2D eigenvalue weighted by Gasteiger charge is 2.27. The number of hydrogen-bond donors (Lipinski definition) is 1. The standard InChI is InChI=1S/C18H23ClN6O2.HI/c1-20-18(21-7-10-27-16-6-4-3-5-15(16)19)24-8-9-25(17(26)13-24)14-11-22-23(2)12-14;/h3-6,11-12H,7-10,13H2,1-2H3,(H,20,21);1H. The third-order valence-corrected chi connectivity index (χ3v) is 4.53. The third kappa shape index (κ3) is 5.51. The molecule has 152 valence electrons. The molecular formula is C18H24ClIN6O2. The van der Waals surface area contributed by atoms with Gasteiger partial charge < -0.3 is 19.9 Å². The molecule has 0 atom stereocenters. The van der Waals surface area contributed by atoms with E-state index < -0.39 is 0 Å². The van der Waals surface area contributed by atoms with E-state index >= 15 is 0 Å². The maximum absolute atomic E-state index is 12.5. The van der Waals surface area contributed by atoms with Crippen molar-refractivity contribution in [1.82, 2.24) is 20.0 Å². The van der Waals surface area contributed by atoms with Crippen molar-refractivity contribution < 1.29 is 9.53 Å². The lowest BCUT2D eigenvalue weighted by atomic mass is 10.3. The van der Waals surface area contributed by atoms with E-state index in [9.17, 15) is 4.79 Å². The van der Waals surface area contributed by atoms with Gasteiger partial charge in [-0.15, -0.1) is 24.0 Å². The van der Waals surface area contributed by atoms with Gasteiger partial charge in [-0.2, -0.15) is 5.10 Å². The Morgan fingerprint density at radius 3 is 2.79 bits per heavy atom. The number of aliphatic imine (C=N–C) groups is 1. The average molecular weight is 519 g/mol. The molecule has 0 spiro atoms. The SMILES string of the molecule is CN=C(NCCOc1ccccc1Cl)N1CCN(c2cnn(C)c2)C(=O)C1.I. The topological polar surface area (TPSA) is 75.0 Å². The number of aryl methyl sites for hydroxylation is 1. The van der Waals surface area contributed by atoms with Crippen LogP contribution in [0.4, 0.5) is 5.69 Å². The zero-order valence-electron chi connectivity index (χ0n) is 15.8. The number of piperazine rings is 1. The molecule has 1 aliphatic rings. The molecule has 28 heavy (non-hydrogen) atoms. The van der Waals surface area contributed by atoms with Gasteiger partial charge in [-0.05, 0) is 12.1 Å². The molecule has 3 rings (SSSR count). The van der Waals surface area contributed by atoms with Gasteiger partial charge in [0.2, 0.25) is 5.91 Å². The molecule has 1 N–H and O–H groups in total. The predicted molar refractivity (Wildman–Crippen MR) is 121 cm³/mol. The highest BCUT2D eigenvalue weighted by molar-refractivity contribution is 14.0. The van der Waals surface area contributed by atoms with Gasteiger partial charge in [0, 0.05) is 33.4 Å². The van der Waals surface area contributed by atoms with Gasteiger partial charge in [0.1, 0.15) is 18.9 Å². The van der Waals surface area contributed by atoms with E-state index in [1.165, 1.54) is 0 Å². The van der Waals surface area contributed by atoms with Crippen LogP contribution in [-0.4, -0.2) is 66.4 Å². The Morgan fingerprint density at radius 2 is 2.14 bits per heavy atom. The number of amides is 1. The van der Waals surface area contributed by atoms with E-state index in [2.05, 4.69) is 15.4 Å². The Morgan fingerprint density at radius 1 is 1.36 bits per heavy atom. The van der Waals surface area contributed by atoms with Crippen molar-refractivity contribution in [2.75, 3.05) is 44.7 Å². The van der Waals surface area contributed by atoms with Gasteiger partial charge in [-0.3, -0.25) is 14.5 Å².